The Labute approximate surface area is 95.6 Å². The Morgan fingerprint density at radius 3 is 2.69 bits per heavy atom. The minimum Gasteiger partial charge on any atom is -0.323 e. The second kappa shape index (κ2) is 4.41. The molecule has 3 amide bonds. The summed E-state index contributed by atoms with van der Waals surface area (Å²) in [6, 6.07) is -0.218. The molecule has 0 radical (unpaired) electrons. The second-order valence-electron chi connectivity index (χ2n) is 4.53. The van der Waals surface area contributed by atoms with Crippen LogP contribution in [0.25, 0.3) is 0 Å². The first-order valence-corrected chi connectivity index (χ1v) is 6.04. The van der Waals surface area contributed by atoms with Crippen molar-refractivity contribution >= 4 is 11.9 Å². The van der Waals surface area contributed by atoms with E-state index in [0.29, 0.717) is 13.1 Å². The normalized spacial score (nSPS) is 23.2. The summed E-state index contributed by atoms with van der Waals surface area (Å²) >= 11 is 0. The Bertz CT molecular complexity index is 298. The molecule has 2 fully saturated rings. The molecule has 2 rings (SSSR count). The van der Waals surface area contributed by atoms with Crippen LogP contribution in [0.15, 0.2) is 0 Å². The summed E-state index contributed by atoms with van der Waals surface area (Å²) in [5.41, 5.74) is -0.552. The van der Waals surface area contributed by atoms with Gasteiger partial charge in [0.2, 0.25) is 0 Å². The molecule has 0 unspecified atom stereocenters. The highest BCUT2D eigenvalue weighted by Gasteiger charge is 2.51. The first-order chi connectivity index (χ1) is 7.69. The fourth-order valence-electron chi connectivity index (χ4n) is 2.56. The van der Waals surface area contributed by atoms with Gasteiger partial charge in [0.05, 0.1) is 0 Å². The van der Waals surface area contributed by atoms with Crippen molar-refractivity contribution in [2.75, 3.05) is 19.6 Å². The number of hydrogen-bond donors (Lipinski definition) is 2. The molecule has 0 atom stereocenters. The predicted molar refractivity (Wildman–Crippen MR) is 60.0 cm³/mol. The predicted octanol–water partition coefficient (Wildman–Crippen LogP) is 0.460. The van der Waals surface area contributed by atoms with Gasteiger partial charge in [-0.1, -0.05) is 19.8 Å². The molecule has 5 nitrogen and oxygen atoms in total. The van der Waals surface area contributed by atoms with E-state index < -0.39 is 5.54 Å². The topological polar surface area (TPSA) is 61.4 Å². The number of carbonyl (C=O) groups excluding carboxylic acids is 2. The largest absolute Gasteiger partial charge is 0.325 e. The monoisotopic (exact) mass is 225 g/mol. The molecule has 90 valence electrons. The van der Waals surface area contributed by atoms with Crippen molar-refractivity contribution in [2.45, 2.75) is 38.1 Å². The number of urea groups is 1. The van der Waals surface area contributed by atoms with E-state index in [0.717, 1.165) is 32.2 Å². The summed E-state index contributed by atoms with van der Waals surface area (Å²) in [4.78, 5) is 25.2. The molecule has 2 N–H and O–H groups in total. The van der Waals surface area contributed by atoms with Gasteiger partial charge in [-0.15, -0.1) is 0 Å². The van der Waals surface area contributed by atoms with Crippen LogP contribution in [0.5, 0.6) is 0 Å². The molecule has 5 heteroatoms. The van der Waals surface area contributed by atoms with Crippen molar-refractivity contribution in [3.8, 4) is 0 Å². The average molecular weight is 225 g/mol. The van der Waals surface area contributed by atoms with E-state index in [4.69, 9.17) is 0 Å². The molecule has 1 aliphatic heterocycles. The minimum atomic E-state index is -0.552. The van der Waals surface area contributed by atoms with E-state index in [9.17, 15) is 9.59 Å². The van der Waals surface area contributed by atoms with Crippen LogP contribution >= 0.6 is 0 Å². The van der Waals surface area contributed by atoms with Crippen molar-refractivity contribution in [2.24, 2.45) is 0 Å². The van der Waals surface area contributed by atoms with Gasteiger partial charge in [-0.05, 0) is 19.4 Å². The molecule has 1 aliphatic carbocycles. The first kappa shape index (κ1) is 11.4. The van der Waals surface area contributed by atoms with Crippen molar-refractivity contribution in [1.29, 1.82) is 0 Å². The Kier molecular flexibility index (Phi) is 3.14. The highest BCUT2D eigenvalue weighted by atomic mass is 16.2. The maximum absolute atomic E-state index is 12.1. The van der Waals surface area contributed by atoms with Gasteiger partial charge in [-0.25, -0.2) is 4.79 Å². The third kappa shape index (κ3) is 1.80. The maximum Gasteiger partial charge on any atom is 0.325 e. The van der Waals surface area contributed by atoms with Gasteiger partial charge in [0.15, 0.2) is 0 Å². The third-order valence-corrected chi connectivity index (χ3v) is 3.47. The number of imide groups is 1. The lowest BCUT2D eigenvalue weighted by molar-refractivity contribution is -0.131. The zero-order valence-corrected chi connectivity index (χ0v) is 9.71. The number of rotatable bonds is 4. The van der Waals surface area contributed by atoms with Gasteiger partial charge >= 0.3 is 6.03 Å². The van der Waals surface area contributed by atoms with Crippen molar-refractivity contribution in [3.05, 3.63) is 0 Å². The average Bonchev–Trinajstić information content (AvgIpc) is 2.80. The quantitative estimate of drug-likeness (QED) is 0.540. The molecular formula is C11H19N3O2. The molecule has 16 heavy (non-hydrogen) atoms. The summed E-state index contributed by atoms with van der Waals surface area (Å²) in [5, 5.41) is 5.99. The van der Waals surface area contributed by atoms with Gasteiger partial charge in [-0.3, -0.25) is 9.69 Å². The maximum atomic E-state index is 12.1. The van der Waals surface area contributed by atoms with Crippen LogP contribution in [0.3, 0.4) is 0 Å². The fraction of sp³-hybridized carbons (Fsp3) is 0.818. The standard InChI is InChI=1S/C11H19N3O2/c1-2-12-7-8-14-9(15)11(13-10(14)16)5-3-4-6-11/h12H,2-8H2,1H3,(H,13,16). The number of nitrogens with zero attached hydrogens (tertiary/aromatic N) is 1. The summed E-state index contributed by atoms with van der Waals surface area (Å²) < 4.78 is 0. The van der Waals surface area contributed by atoms with Gasteiger partial charge in [0.25, 0.3) is 5.91 Å². The van der Waals surface area contributed by atoms with Crippen LogP contribution in [0.1, 0.15) is 32.6 Å². The Morgan fingerprint density at radius 1 is 1.38 bits per heavy atom. The molecule has 2 aliphatic rings. The molecule has 1 heterocycles. The number of amides is 3. The molecule has 0 aromatic heterocycles. The molecule has 1 spiro atoms. The molecule has 0 aromatic rings. The Balaban J connectivity index is 1.99. The zero-order valence-electron chi connectivity index (χ0n) is 9.71. The van der Waals surface area contributed by atoms with Crippen molar-refractivity contribution in [1.82, 2.24) is 15.5 Å². The SMILES string of the molecule is CCNCCN1C(=O)NC2(CCCC2)C1=O. The van der Waals surface area contributed by atoms with Crippen LogP contribution in [-0.2, 0) is 4.79 Å². The van der Waals surface area contributed by atoms with Crippen LogP contribution in [0, 0.1) is 0 Å². The third-order valence-electron chi connectivity index (χ3n) is 3.47. The highest BCUT2D eigenvalue weighted by Crippen LogP contribution is 2.34. The zero-order chi connectivity index (χ0) is 11.6. The van der Waals surface area contributed by atoms with E-state index in [2.05, 4.69) is 10.6 Å². The Hall–Kier alpha value is -1.10. The summed E-state index contributed by atoms with van der Waals surface area (Å²) in [6.45, 7) is 4.01. The van der Waals surface area contributed by atoms with Crippen LogP contribution in [0.4, 0.5) is 4.79 Å². The van der Waals surface area contributed by atoms with Gasteiger partial charge in [-0.2, -0.15) is 0 Å². The van der Waals surface area contributed by atoms with E-state index in [1.807, 2.05) is 6.92 Å². The summed E-state index contributed by atoms with van der Waals surface area (Å²) in [6.07, 6.45) is 3.67. The first-order valence-electron chi connectivity index (χ1n) is 6.04. The summed E-state index contributed by atoms with van der Waals surface area (Å²) in [7, 11) is 0. The van der Waals surface area contributed by atoms with Gasteiger partial charge in [0, 0.05) is 13.1 Å². The van der Waals surface area contributed by atoms with Gasteiger partial charge in [0.1, 0.15) is 5.54 Å². The van der Waals surface area contributed by atoms with Crippen molar-refractivity contribution < 1.29 is 9.59 Å². The second-order valence-corrected chi connectivity index (χ2v) is 4.53. The van der Waals surface area contributed by atoms with E-state index in [-0.39, 0.29) is 11.9 Å². The minimum absolute atomic E-state index is 0.0205. The number of nitrogens with one attached hydrogen (secondary N) is 2. The smallest absolute Gasteiger partial charge is 0.323 e. The van der Waals surface area contributed by atoms with Crippen LogP contribution in [-0.4, -0.2) is 42.0 Å². The highest BCUT2D eigenvalue weighted by molar-refractivity contribution is 6.07. The van der Waals surface area contributed by atoms with E-state index >= 15 is 0 Å². The molecular weight excluding hydrogens is 206 g/mol. The summed E-state index contributed by atoms with van der Waals surface area (Å²) in [5.74, 6) is -0.0205. The lowest BCUT2D eigenvalue weighted by Gasteiger charge is -2.19. The number of likely N-dealkylation sites (N-methyl/N-ethyl adjacent to an activating group) is 1. The van der Waals surface area contributed by atoms with E-state index in [1.54, 1.807) is 0 Å². The molecule has 0 aromatic carbocycles. The molecule has 0 bridgehead atoms. The Morgan fingerprint density at radius 2 is 2.06 bits per heavy atom. The lowest BCUT2D eigenvalue weighted by Crippen LogP contribution is -2.44. The lowest BCUT2D eigenvalue weighted by atomic mass is 9.98. The number of carbonyl (C=O) groups is 2. The molecule has 1 saturated carbocycles. The number of hydrogen-bond acceptors (Lipinski definition) is 3. The van der Waals surface area contributed by atoms with Gasteiger partial charge < -0.3 is 10.6 Å². The fourth-order valence-corrected chi connectivity index (χ4v) is 2.56. The van der Waals surface area contributed by atoms with Crippen molar-refractivity contribution in [3.63, 3.8) is 0 Å². The van der Waals surface area contributed by atoms with Crippen LogP contribution in [0.2, 0.25) is 0 Å². The van der Waals surface area contributed by atoms with E-state index in [1.165, 1.54) is 4.90 Å². The molecule has 1 saturated heterocycles. The van der Waals surface area contributed by atoms with Crippen LogP contribution < -0.4 is 10.6 Å².